The Morgan fingerprint density at radius 2 is 1.95 bits per heavy atom. The van der Waals surface area contributed by atoms with Gasteiger partial charge in [0.05, 0.1) is 6.04 Å². The molecule has 2 aromatic carbocycles. The first-order valence-electron chi connectivity index (χ1n) is 6.51. The van der Waals surface area contributed by atoms with Crippen molar-refractivity contribution in [2.24, 2.45) is 5.73 Å². The van der Waals surface area contributed by atoms with Crippen LogP contribution in [-0.4, -0.2) is 5.91 Å². The lowest BCUT2D eigenvalue weighted by atomic mass is 10.0. The summed E-state index contributed by atoms with van der Waals surface area (Å²) in [5, 5.41) is 4.61. The van der Waals surface area contributed by atoms with Crippen LogP contribution < -0.4 is 11.1 Å². The number of carbonyl (C=O) groups excluding carboxylic acids is 1. The van der Waals surface area contributed by atoms with Gasteiger partial charge in [-0.2, -0.15) is 0 Å². The summed E-state index contributed by atoms with van der Waals surface area (Å²) in [5.41, 5.74) is 8.42. The molecule has 1 unspecified atom stereocenters. The molecule has 0 saturated carbocycles. The Kier molecular flexibility index (Phi) is 4.76. The Hall–Kier alpha value is -1.71. The molecule has 21 heavy (non-hydrogen) atoms. The molecule has 0 aliphatic heterocycles. The number of carbonyl (C=O) groups is 1. The third-order valence-corrected chi connectivity index (χ3v) is 3.98. The first-order valence-corrected chi connectivity index (χ1v) is 7.26. The van der Waals surface area contributed by atoms with Crippen LogP contribution in [0.3, 0.4) is 0 Å². The number of nitrogens with two attached hydrogens (primary N) is 1. The van der Waals surface area contributed by atoms with Crippen molar-refractivity contribution in [1.29, 1.82) is 0 Å². The molecule has 0 aromatic heterocycles. The molecule has 110 valence electrons. The fourth-order valence-corrected chi connectivity index (χ4v) is 2.68. The average molecular weight is 323 g/mol. The number of anilines is 1. The summed E-state index contributed by atoms with van der Waals surface area (Å²) >= 11 is 12.2. The van der Waals surface area contributed by atoms with E-state index in [0.717, 1.165) is 16.8 Å². The predicted octanol–water partition coefficient (Wildman–Crippen LogP) is 4.57. The highest BCUT2D eigenvalue weighted by atomic mass is 35.5. The normalized spacial score (nSPS) is 12.0. The summed E-state index contributed by atoms with van der Waals surface area (Å²) in [6.07, 6.45) is 0. The molecule has 0 aliphatic rings. The molecule has 2 aromatic rings. The van der Waals surface area contributed by atoms with E-state index < -0.39 is 5.91 Å². The van der Waals surface area contributed by atoms with Crippen LogP contribution in [0, 0.1) is 6.92 Å². The van der Waals surface area contributed by atoms with E-state index in [1.165, 1.54) is 0 Å². The molecule has 0 radical (unpaired) electrons. The molecule has 3 nitrogen and oxygen atoms in total. The molecule has 5 heteroatoms. The van der Waals surface area contributed by atoms with E-state index in [1.807, 2.05) is 26.0 Å². The minimum Gasteiger partial charge on any atom is -0.378 e. The highest BCUT2D eigenvalue weighted by molar-refractivity contribution is 6.33. The van der Waals surface area contributed by atoms with Crippen LogP contribution in [0.1, 0.15) is 34.5 Å². The maximum absolute atomic E-state index is 11.4. The molecule has 2 rings (SSSR count). The summed E-state index contributed by atoms with van der Waals surface area (Å²) in [6, 6.07) is 10.7. The van der Waals surface area contributed by atoms with Crippen LogP contribution in [0.4, 0.5) is 5.69 Å². The van der Waals surface area contributed by atoms with Crippen LogP contribution in [0.25, 0.3) is 0 Å². The van der Waals surface area contributed by atoms with E-state index in [-0.39, 0.29) is 6.04 Å². The topological polar surface area (TPSA) is 55.1 Å². The molecule has 0 bridgehead atoms. The Morgan fingerprint density at radius 3 is 2.62 bits per heavy atom. The lowest BCUT2D eigenvalue weighted by molar-refractivity contribution is 0.1000. The standard InChI is InChI=1S/C16H16Cl2N2O/c1-9-12(16(19)21)4-3-5-15(9)20-10(2)13-8-11(17)6-7-14(13)18/h3-8,10,20H,1-2H3,(H2,19,21). The molecule has 0 spiro atoms. The van der Waals surface area contributed by atoms with E-state index in [0.29, 0.717) is 15.6 Å². The van der Waals surface area contributed by atoms with Gasteiger partial charge in [-0.1, -0.05) is 29.3 Å². The van der Waals surface area contributed by atoms with Crippen molar-refractivity contribution in [3.8, 4) is 0 Å². The lowest BCUT2D eigenvalue weighted by Crippen LogP contribution is -2.15. The van der Waals surface area contributed by atoms with E-state index in [9.17, 15) is 4.79 Å². The van der Waals surface area contributed by atoms with Gasteiger partial charge in [-0.25, -0.2) is 0 Å². The van der Waals surface area contributed by atoms with Crippen LogP contribution >= 0.6 is 23.2 Å². The van der Waals surface area contributed by atoms with Gasteiger partial charge < -0.3 is 11.1 Å². The molecular weight excluding hydrogens is 307 g/mol. The van der Waals surface area contributed by atoms with E-state index >= 15 is 0 Å². The number of hydrogen-bond donors (Lipinski definition) is 2. The van der Waals surface area contributed by atoms with Crippen LogP contribution in [-0.2, 0) is 0 Å². The van der Waals surface area contributed by atoms with Crippen LogP contribution in [0.15, 0.2) is 36.4 Å². The number of benzene rings is 2. The van der Waals surface area contributed by atoms with Crippen molar-refractivity contribution in [3.63, 3.8) is 0 Å². The summed E-state index contributed by atoms with van der Waals surface area (Å²) in [4.78, 5) is 11.4. The van der Waals surface area contributed by atoms with Crippen molar-refractivity contribution < 1.29 is 4.79 Å². The Labute approximate surface area is 134 Å². The lowest BCUT2D eigenvalue weighted by Gasteiger charge is -2.19. The smallest absolute Gasteiger partial charge is 0.249 e. The van der Waals surface area contributed by atoms with E-state index in [2.05, 4.69) is 5.32 Å². The SMILES string of the molecule is Cc1c(NC(C)c2cc(Cl)ccc2Cl)cccc1C(N)=O. The number of halogens is 2. The van der Waals surface area contributed by atoms with Crippen LogP contribution in [0.5, 0.6) is 0 Å². The first-order chi connectivity index (χ1) is 9.90. The maximum Gasteiger partial charge on any atom is 0.249 e. The van der Waals surface area contributed by atoms with Crippen molar-refractivity contribution in [2.45, 2.75) is 19.9 Å². The van der Waals surface area contributed by atoms with Gasteiger partial charge in [0.25, 0.3) is 0 Å². The summed E-state index contributed by atoms with van der Waals surface area (Å²) < 4.78 is 0. The zero-order valence-electron chi connectivity index (χ0n) is 11.8. The molecule has 3 N–H and O–H groups in total. The van der Waals surface area contributed by atoms with Gasteiger partial charge in [0.2, 0.25) is 5.91 Å². The number of rotatable bonds is 4. The van der Waals surface area contributed by atoms with Crippen molar-refractivity contribution in [3.05, 3.63) is 63.1 Å². The minimum absolute atomic E-state index is 0.0574. The van der Waals surface area contributed by atoms with E-state index in [4.69, 9.17) is 28.9 Å². The van der Waals surface area contributed by atoms with Gasteiger partial charge in [-0.15, -0.1) is 0 Å². The largest absolute Gasteiger partial charge is 0.378 e. The molecule has 0 saturated heterocycles. The maximum atomic E-state index is 11.4. The molecule has 0 fully saturated rings. The zero-order chi connectivity index (χ0) is 15.6. The third kappa shape index (κ3) is 3.49. The number of nitrogens with one attached hydrogen (secondary N) is 1. The Morgan fingerprint density at radius 1 is 1.24 bits per heavy atom. The Bertz CT molecular complexity index is 686. The van der Waals surface area contributed by atoms with Crippen molar-refractivity contribution >= 4 is 34.8 Å². The molecule has 0 aliphatic carbocycles. The number of primary amides is 1. The monoisotopic (exact) mass is 322 g/mol. The fourth-order valence-electron chi connectivity index (χ4n) is 2.22. The van der Waals surface area contributed by atoms with Crippen LogP contribution in [0.2, 0.25) is 10.0 Å². The zero-order valence-corrected chi connectivity index (χ0v) is 13.3. The molecule has 0 heterocycles. The second-order valence-corrected chi connectivity index (χ2v) is 5.72. The van der Waals surface area contributed by atoms with E-state index in [1.54, 1.807) is 24.3 Å². The first kappa shape index (κ1) is 15.7. The Balaban J connectivity index is 2.32. The van der Waals surface area contributed by atoms with Gasteiger partial charge >= 0.3 is 0 Å². The highest BCUT2D eigenvalue weighted by Crippen LogP contribution is 2.30. The highest BCUT2D eigenvalue weighted by Gasteiger charge is 2.13. The van der Waals surface area contributed by atoms with Crippen molar-refractivity contribution in [1.82, 2.24) is 0 Å². The summed E-state index contributed by atoms with van der Waals surface area (Å²) in [5.74, 6) is -0.440. The van der Waals surface area contributed by atoms with Crippen molar-refractivity contribution in [2.75, 3.05) is 5.32 Å². The minimum atomic E-state index is -0.440. The van der Waals surface area contributed by atoms with Gasteiger partial charge in [-0.05, 0) is 55.3 Å². The number of hydrogen-bond acceptors (Lipinski definition) is 2. The second kappa shape index (κ2) is 6.37. The average Bonchev–Trinajstić information content (AvgIpc) is 2.43. The van der Waals surface area contributed by atoms with Gasteiger partial charge in [0.15, 0.2) is 0 Å². The second-order valence-electron chi connectivity index (χ2n) is 4.87. The molecule has 1 amide bonds. The molecular formula is C16H16Cl2N2O. The summed E-state index contributed by atoms with van der Waals surface area (Å²) in [6.45, 7) is 3.84. The summed E-state index contributed by atoms with van der Waals surface area (Å²) in [7, 11) is 0. The number of amides is 1. The third-order valence-electron chi connectivity index (χ3n) is 3.40. The van der Waals surface area contributed by atoms with Gasteiger partial charge in [0, 0.05) is 21.3 Å². The van der Waals surface area contributed by atoms with Gasteiger partial charge in [-0.3, -0.25) is 4.79 Å². The molecule has 1 atom stereocenters. The quantitative estimate of drug-likeness (QED) is 0.866. The predicted molar refractivity (Wildman–Crippen MR) is 88.2 cm³/mol. The van der Waals surface area contributed by atoms with Gasteiger partial charge in [0.1, 0.15) is 0 Å². The fraction of sp³-hybridized carbons (Fsp3) is 0.188.